The highest BCUT2D eigenvalue weighted by atomic mass is 35.5. The Bertz CT molecular complexity index is 705. The average molecular weight is 398 g/mol. The number of benzene rings is 2. The van der Waals surface area contributed by atoms with Crippen LogP contribution in [-0.4, -0.2) is 30.8 Å². The summed E-state index contributed by atoms with van der Waals surface area (Å²) >= 11 is 13.6. The van der Waals surface area contributed by atoms with Gasteiger partial charge in [-0.1, -0.05) is 47.5 Å². The summed E-state index contributed by atoms with van der Waals surface area (Å²) in [6.45, 7) is 0.170. The van der Waals surface area contributed by atoms with Gasteiger partial charge >= 0.3 is 5.97 Å². The van der Waals surface area contributed by atoms with Crippen molar-refractivity contribution < 1.29 is 14.3 Å². The van der Waals surface area contributed by atoms with E-state index in [9.17, 15) is 9.59 Å². The van der Waals surface area contributed by atoms with Gasteiger partial charge < -0.3 is 10.1 Å². The maximum atomic E-state index is 11.8. The minimum absolute atomic E-state index is 0.0738. The predicted octanol–water partition coefficient (Wildman–Crippen LogP) is 3.99. The Morgan fingerprint density at radius 1 is 1.00 bits per heavy atom. The number of rotatable bonds is 8. The van der Waals surface area contributed by atoms with Crippen LogP contribution in [0, 0.1) is 0 Å². The third kappa shape index (κ3) is 6.98. The van der Waals surface area contributed by atoms with Crippen LogP contribution in [0.5, 0.6) is 0 Å². The molecule has 2 aromatic rings. The highest BCUT2D eigenvalue weighted by molar-refractivity contribution is 7.99. The first kappa shape index (κ1) is 19.6. The molecule has 0 heterocycles. The lowest BCUT2D eigenvalue weighted by molar-refractivity contribution is -0.147. The van der Waals surface area contributed by atoms with Gasteiger partial charge in [0.15, 0.2) is 6.61 Å². The fraction of sp³-hybridized carbons (Fsp3) is 0.222. The highest BCUT2D eigenvalue weighted by Crippen LogP contribution is 2.24. The monoisotopic (exact) mass is 397 g/mol. The van der Waals surface area contributed by atoms with E-state index >= 15 is 0 Å². The van der Waals surface area contributed by atoms with E-state index in [2.05, 4.69) is 5.32 Å². The zero-order chi connectivity index (χ0) is 18.1. The Labute approximate surface area is 160 Å². The molecule has 0 saturated heterocycles. The van der Waals surface area contributed by atoms with Crippen LogP contribution in [0.1, 0.15) is 5.56 Å². The number of esters is 1. The van der Waals surface area contributed by atoms with Crippen molar-refractivity contribution in [3.8, 4) is 0 Å². The Balaban J connectivity index is 1.65. The van der Waals surface area contributed by atoms with E-state index in [1.165, 1.54) is 0 Å². The van der Waals surface area contributed by atoms with Crippen LogP contribution in [0.25, 0.3) is 0 Å². The Morgan fingerprint density at radius 3 is 2.36 bits per heavy atom. The first-order valence-corrected chi connectivity index (χ1v) is 9.33. The van der Waals surface area contributed by atoms with Gasteiger partial charge in [-0.2, -0.15) is 0 Å². The molecule has 2 rings (SSSR count). The van der Waals surface area contributed by atoms with Crippen molar-refractivity contribution in [2.75, 3.05) is 18.9 Å². The number of amides is 1. The summed E-state index contributed by atoms with van der Waals surface area (Å²) in [6, 6.07) is 14.9. The number of carbonyl (C=O) groups is 2. The summed E-state index contributed by atoms with van der Waals surface area (Å²) in [5, 5.41) is 3.50. The predicted molar refractivity (Wildman–Crippen MR) is 101 cm³/mol. The molecule has 0 fully saturated rings. The van der Waals surface area contributed by atoms with E-state index in [0.717, 1.165) is 10.6 Å². The van der Waals surface area contributed by atoms with Crippen molar-refractivity contribution in [3.05, 3.63) is 64.1 Å². The largest absolute Gasteiger partial charge is 0.455 e. The van der Waals surface area contributed by atoms with E-state index in [1.807, 2.05) is 30.3 Å². The zero-order valence-corrected chi connectivity index (χ0v) is 15.7. The number of nitrogens with one attached hydrogen (secondary N) is 1. The molecule has 0 aliphatic carbocycles. The highest BCUT2D eigenvalue weighted by Gasteiger charge is 2.13. The van der Waals surface area contributed by atoms with Crippen LogP contribution in [0.4, 0.5) is 0 Å². The minimum atomic E-state index is -0.552. The number of hydrogen-bond donors (Lipinski definition) is 1. The van der Waals surface area contributed by atoms with E-state index in [1.54, 1.807) is 30.0 Å². The summed E-state index contributed by atoms with van der Waals surface area (Å²) in [4.78, 5) is 24.6. The first-order chi connectivity index (χ1) is 12.1. The second-order valence-electron chi connectivity index (χ2n) is 5.05. The van der Waals surface area contributed by atoms with Crippen LogP contribution in [0.3, 0.4) is 0 Å². The molecular weight excluding hydrogens is 381 g/mol. The molecule has 7 heteroatoms. The van der Waals surface area contributed by atoms with Gasteiger partial charge in [0.25, 0.3) is 5.91 Å². The van der Waals surface area contributed by atoms with Gasteiger partial charge in [-0.05, 0) is 24.3 Å². The van der Waals surface area contributed by atoms with Gasteiger partial charge in [0.2, 0.25) is 0 Å². The summed E-state index contributed by atoms with van der Waals surface area (Å²) in [6.07, 6.45) is -0.0738. The second-order valence-corrected chi connectivity index (χ2v) is 7.03. The Morgan fingerprint density at radius 2 is 1.68 bits per heavy atom. The normalized spacial score (nSPS) is 10.3. The molecule has 0 aliphatic rings. The molecule has 1 amide bonds. The van der Waals surface area contributed by atoms with Gasteiger partial charge in [-0.15, -0.1) is 11.8 Å². The van der Waals surface area contributed by atoms with E-state index in [0.29, 0.717) is 22.2 Å². The van der Waals surface area contributed by atoms with Gasteiger partial charge in [-0.3, -0.25) is 9.59 Å². The number of carbonyl (C=O) groups excluding carboxylic acids is 2. The summed E-state index contributed by atoms with van der Waals surface area (Å²) in [5.41, 5.74) is 0.496. The number of ether oxygens (including phenoxy) is 1. The minimum Gasteiger partial charge on any atom is -0.455 e. The third-order valence-electron chi connectivity index (χ3n) is 3.18. The maximum absolute atomic E-state index is 11.8. The van der Waals surface area contributed by atoms with Crippen molar-refractivity contribution in [3.63, 3.8) is 0 Å². The van der Waals surface area contributed by atoms with Gasteiger partial charge in [-0.25, -0.2) is 0 Å². The Hall–Kier alpha value is -1.69. The molecule has 0 spiro atoms. The van der Waals surface area contributed by atoms with E-state index < -0.39 is 5.97 Å². The fourth-order valence-electron chi connectivity index (χ4n) is 1.97. The van der Waals surface area contributed by atoms with Gasteiger partial charge in [0.1, 0.15) is 0 Å². The molecule has 0 aromatic heterocycles. The van der Waals surface area contributed by atoms with Crippen LogP contribution in [-0.2, 0) is 20.7 Å². The van der Waals surface area contributed by atoms with Crippen molar-refractivity contribution in [1.82, 2.24) is 5.32 Å². The quantitative estimate of drug-likeness (QED) is 0.415. The standard InChI is InChI=1S/C18H17Cl2NO3S/c19-15-7-4-8-16(20)14(15)11-18(23)24-12-17(22)21-9-10-25-13-5-2-1-3-6-13/h1-8H,9-12H2,(H,21,22). The van der Waals surface area contributed by atoms with Crippen LogP contribution < -0.4 is 5.32 Å². The number of halogens is 2. The third-order valence-corrected chi connectivity index (χ3v) is 4.91. The smallest absolute Gasteiger partial charge is 0.310 e. The lowest BCUT2D eigenvalue weighted by Crippen LogP contribution is -2.30. The topological polar surface area (TPSA) is 55.4 Å². The van der Waals surface area contributed by atoms with Crippen LogP contribution in [0.2, 0.25) is 10.0 Å². The number of hydrogen-bond acceptors (Lipinski definition) is 4. The lowest BCUT2D eigenvalue weighted by atomic mass is 10.1. The summed E-state index contributed by atoms with van der Waals surface area (Å²) in [7, 11) is 0. The molecule has 25 heavy (non-hydrogen) atoms. The molecule has 0 saturated carbocycles. The van der Waals surface area contributed by atoms with E-state index in [4.69, 9.17) is 27.9 Å². The van der Waals surface area contributed by atoms with Crippen molar-refractivity contribution in [1.29, 1.82) is 0 Å². The molecule has 2 aromatic carbocycles. The van der Waals surface area contributed by atoms with Crippen LogP contribution in [0.15, 0.2) is 53.4 Å². The first-order valence-electron chi connectivity index (χ1n) is 7.59. The Kier molecular flexibility index (Phi) is 8.12. The number of thioether (sulfide) groups is 1. The molecule has 0 bridgehead atoms. The zero-order valence-electron chi connectivity index (χ0n) is 13.3. The molecule has 0 aliphatic heterocycles. The molecule has 132 valence electrons. The average Bonchev–Trinajstić information content (AvgIpc) is 2.61. The van der Waals surface area contributed by atoms with Crippen molar-refractivity contribution >= 4 is 46.8 Å². The summed E-state index contributed by atoms with van der Waals surface area (Å²) in [5.74, 6) is -0.157. The van der Waals surface area contributed by atoms with Crippen molar-refractivity contribution in [2.45, 2.75) is 11.3 Å². The molecule has 1 N–H and O–H groups in total. The SMILES string of the molecule is O=C(COC(=O)Cc1c(Cl)cccc1Cl)NCCSc1ccccc1. The van der Waals surface area contributed by atoms with Crippen molar-refractivity contribution in [2.24, 2.45) is 0 Å². The molecular formula is C18H17Cl2NO3S. The van der Waals surface area contributed by atoms with Gasteiger partial charge in [0, 0.05) is 32.8 Å². The van der Waals surface area contributed by atoms with Gasteiger partial charge in [0.05, 0.1) is 6.42 Å². The van der Waals surface area contributed by atoms with Crippen LogP contribution >= 0.6 is 35.0 Å². The molecule has 0 radical (unpaired) electrons. The second kappa shape index (κ2) is 10.3. The summed E-state index contributed by atoms with van der Waals surface area (Å²) < 4.78 is 4.96. The fourth-order valence-corrected chi connectivity index (χ4v) is 3.29. The molecule has 0 atom stereocenters. The maximum Gasteiger partial charge on any atom is 0.310 e. The molecule has 4 nitrogen and oxygen atoms in total. The van der Waals surface area contributed by atoms with E-state index in [-0.39, 0.29) is 18.9 Å². The lowest BCUT2D eigenvalue weighted by Gasteiger charge is -2.08. The molecule has 0 unspecified atom stereocenters.